The Morgan fingerprint density at radius 2 is 1.82 bits per heavy atom. The van der Waals surface area contributed by atoms with Crippen LogP contribution in [-0.4, -0.2) is 46.6 Å². The minimum Gasteiger partial charge on any atom is -0.454 e. The molecule has 10 nitrogen and oxygen atoms in total. The van der Waals surface area contributed by atoms with Gasteiger partial charge in [-0.25, -0.2) is 18.4 Å². The summed E-state index contributed by atoms with van der Waals surface area (Å²) in [6, 6.07) is 14.3. The summed E-state index contributed by atoms with van der Waals surface area (Å²) in [6.07, 6.45) is -3.83. The molecular weight excluding hydrogens is 551 g/mol. The maximum absolute atomic E-state index is 13.6. The molecular formula is C26H22F3N5O5S. The zero-order valence-electron chi connectivity index (χ0n) is 21.0. The molecule has 0 radical (unpaired) electrons. The van der Waals surface area contributed by atoms with E-state index in [9.17, 15) is 26.4 Å². The van der Waals surface area contributed by atoms with E-state index < -0.39 is 44.9 Å². The number of carbonyl (C=O) groups is 1. The number of carbonyl (C=O) groups excluding carboxylic acids is 1. The second kappa shape index (κ2) is 10.6. The third kappa shape index (κ3) is 6.06. The number of halogens is 3. The molecule has 4 aromatic rings. The van der Waals surface area contributed by atoms with Crippen molar-refractivity contribution in [3.63, 3.8) is 0 Å². The number of amides is 1. The van der Waals surface area contributed by atoms with Gasteiger partial charge < -0.3 is 14.8 Å². The van der Waals surface area contributed by atoms with Gasteiger partial charge in [-0.15, -0.1) is 0 Å². The quantitative estimate of drug-likeness (QED) is 0.310. The van der Waals surface area contributed by atoms with Gasteiger partial charge in [0, 0.05) is 24.2 Å². The Morgan fingerprint density at radius 1 is 1.05 bits per heavy atom. The molecule has 0 unspecified atom stereocenters. The van der Waals surface area contributed by atoms with Gasteiger partial charge in [0.1, 0.15) is 5.69 Å². The first-order chi connectivity index (χ1) is 19.0. The number of sulfone groups is 1. The number of alkyl halides is 3. The predicted octanol–water partition coefficient (Wildman–Crippen LogP) is 4.25. The average Bonchev–Trinajstić information content (AvgIpc) is 3.57. The molecule has 14 heteroatoms. The molecule has 1 aliphatic rings. The molecule has 0 saturated heterocycles. The van der Waals surface area contributed by atoms with Gasteiger partial charge in [0.2, 0.25) is 27.7 Å². The van der Waals surface area contributed by atoms with Crippen LogP contribution in [0.5, 0.6) is 11.5 Å². The number of nitrogens with one attached hydrogen (secondary N) is 1. The van der Waals surface area contributed by atoms with Gasteiger partial charge in [-0.2, -0.15) is 18.3 Å². The number of fused-ring (bicyclic) bond motifs is 1. The van der Waals surface area contributed by atoms with Crippen molar-refractivity contribution in [2.75, 3.05) is 17.9 Å². The summed E-state index contributed by atoms with van der Waals surface area (Å²) < 4.78 is 78.7. The molecule has 208 valence electrons. The molecule has 1 aliphatic heterocycles. The molecule has 1 N–H and O–H groups in total. The second-order valence-corrected chi connectivity index (χ2v) is 10.9. The van der Waals surface area contributed by atoms with Crippen molar-refractivity contribution in [1.29, 1.82) is 0 Å². The van der Waals surface area contributed by atoms with Crippen LogP contribution in [0, 0.1) is 6.92 Å². The molecule has 0 fully saturated rings. The van der Waals surface area contributed by atoms with Gasteiger partial charge in [-0.3, -0.25) is 9.48 Å². The van der Waals surface area contributed by atoms with Crippen LogP contribution in [0.2, 0.25) is 0 Å². The van der Waals surface area contributed by atoms with Crippen molar-refractivity contribution in [1.82, 2.24) is 19.7 Å². The highest BCUT2D eigenvalue weighted by Crippen LogP contribution is 2.37. The summed E-state index contributed by atoms with van der Waals surface area (Å²) in [6.45, 7) is 2.38. The average molecular weight is 574 g/mol. The first-order valence-corrected chi connectivity index (χ1v) is 13.6. The molecule has 5 rings (SSSR count). The minimum absolute atomic E-state index is 0.0506. The monoisotopic (exact) mass is 573 g/mol. The lowest BCUT2D eigenvalue weighted by molar-refractivity contribution is -0.141. The zero-order valence-corrected chi connectivity index (χ0v) is 21.8. The smallest absolute Gasteiger partial charge is 0.433 e. The van der Waals surface area contributed by atoms with Crippen molar-refractivity contribution < 1.29 is 35.9 Å². The Balaban J connectivity index is 1.30. The fraction of sp³-hybridized carbons (Fsp3) is 0.231. The van der Waals surface area contributed by atoms with E-state index in [1.165, 1.54) is 18.2 Å². The van der Waals surface area contributed by atoms with E-state index in [-0.39, 0.29) is 29.6 Å². The highest BCUT2D eigenvalue weighted by atomic mass is 32.2. The highest BCUT2D eigenvalue weighted by molar-refractivity contribution is 7.91. The SMILES string of the molecule is Cc1ccccc1Cn1ccc(NC(=O)CCS(=O)(=O)c2nc(-c3ccc4c(c3)OCO4)cc(C(F)(F)F)n2)n1. The predicted molar refractivity (Wildman–Crippen MR) is 136 cm³/mol. The maximum atomic E-state index is 13.6. The summed E-state index contributed by atoms with van der Waals surface area (Å²) >= 11 is 0. The third-order valence-corrected chi connectivity index (χ3v) is 7.52. The van der Waals surface area contributed by atoms with E-state index in [1.807, 2.05) is 31.2 Å². The maximum Gasteiger partial charge on any atom is 0.433 e. The number of hydrogen-bond donors (Lipinski definition) is 1. The fourth-order valence-electron chi connectivity index (χ4n) is 3.92. The molecule has 0 spiro atoms. The Hall–Kier alpha value is -4.46. The van der Waals surface area contributed by atoms with E-state index in [0.29, 0.717) is 18.4 Å². The molecule has 40 heavy (non-hydrogen) atoms. The molecule has 0 bridgehead atoms. The molecule has 2 aromatic heterocycles. The molecule has 3 heterocycles. The number of aromatic nitrogens is 4. The van der Waals surface area contributed by atoms with Gasteiger partial charge in [-0.1, -0.05) is 24.3 Å². The first kappa shape index (κ1) is 27.1. The summed E-state index contributed by atoms with van der Waals surface area (Å²) in [5.41, 5.74) is 0.580. The lowest BCUT2D eigenvalue weighted by Gasteiger charge is -2.11. The van der Waals surface area contributed by atoms with Crippen molar-refractivity contribution in [2.24, 2.45) is 0 Å². The zero-order chi connectivity index (χ0) is 28.5. The summed E-state index contributed by atoms with van der Waals surface area (Å²) in [7, 11) is -4.48. The topological polar surface area (TPSA) is 125 Å². The van der Waals surface area contributed by atoms with Crippen LogP contribution in [0.3, 0.4) is 0 Å². The number of benzene rings is 2. The van der Waals surface area contributed by atoms with Crippen LogP contribution in [0.15, 0.2) is 66.0 Å². The number of ether oxygens (including phenoxy) is 2. The van der Waals surface area contributed by atoms with Crippen LogP contribution in [-0.2, 0) is 27.4 Å². The molecule has 2 aromatic carbocycles. The van der Waals surface area contributed by atoms with Crippen molar-refractivity contribution in [3.8, 4) is 22.8 Å². The van der Waals surface area contributed by atoms with E-state index in [2.05, 4.69) is 20.4 Å². The van der Waals surface area contributed by atoms with E-state index in [1.54, 1.807) is 16.9 Å². The Kier molecular flexibility index (Phi) is 7.19. The Bertz CT molecular complexity index is 1690. The minimum atomic E-state index is -4.94. The van der Waals surface area contributed by atoms with E-state index in [4.69, 9.17) is 9.47 Å². The fourth-order valence-corrected chi connectivity index (χ4v) is 5.03. The number of anilines is 1. The number of nitrogens with zero attached hydrogens (tertiary/aromatic N) is 4. The summed E-state index contributed by atoms with van der Waals surface area (Å²) in [5.74, 6) is -0.617. The summed E-state index contributed by atoms with van der Waals surface area (Å²) in [4.78, 5) is 19.6. The van der Waals surface area contributed by atoms with Gasteiger partial charge in [0.25, 0.3) is 0 Å². The summed E-state index contributed by atoms with van der Waals surface area (Å²) in [5, 5.41) is 5.73. The third-order valence-electron chi connectivity index (χ3n) is 6.04. The van der Waals surface area contributed by atoms with Crippen LogP contribution in [0.4, 0.5) is 19.0 Å². The number of aryl methyl sites for hydroxylation is 1. The lowest BCUT2D eigenvalue weighted by Crippen LogP contribution is -2.21. The number of hydrogen-bond acceptors (Lipinski definition) is 8. The van der Waals surface area contributed by atoms with Gasteiger partial charge >= 0.3 is 6.18 Å². The van der Waals surface area contributed by atoms with Gasteiger partial charge in [0.15, 0.2) is 17.3 Å². The standard InChI is InChI=1S/C26H22F3N5O5S/c1-16-4-2-3-5-18(16)14-34-10-8-23(33-34)32-24(35)9-11-40(36,37)25-30-19(13-22(31-25)26(27,28)29)17-6-7-20-21(12-17)39-15-38-20/h2-8,10,12-13H,9,11,14-15H2,1H3,(H,32,33,35). The van der Waals surface area contributed by atoms with Crippen LogP contribution >= 0.6 is 0 Å². The first-order valence-electron chi connectivity index (χ1n) is 11.9. The van der Waals surface area contributed by atoms with Crippen molar-refractivity contribution in [3.05, 3.63) is 77.6 Å². The van der Waals surface area contributed by atoms with Crippen LogP contribution in [0.25, 0.3) is 11.3 Å². The van der Waals surface area contributed by atoms with Crippen LogP contribution < -0.4 is 14.8 Å². The largest absolute Gasteiger partial charge is 0.454 e. The second-order valence-electron chi connectivity index (χ2n) is 8.93. The Labute approximate surface area is 226 Å². The normalized spacial score (nSPS) is 12.9. The molecule has 1 amide bonds. The van der Waals surface area contributed by atoms with Gasteiger partial charge in [-0.05, 0) is 42.3 Å². The molecule has 0 atom stereocenters. The van der Waals surface area contributed by atoms with E-state index in [0.717, 1.165) is 11.1 Å². The highest BCUT2D eigenvalue weighted by Gasteiger charge is 2.35. The molecule has 0 saturated carbocycles. The Morgan fingerprint density at radius 3 is 2.60 bits per heavy atom. The van der Waals surface area contributed by atoms with Crippen LogP contribution in [0.1, 0.15) is 23.2 Å². The van der Waals surface area contributed by atoms with Crippen molar-refractivity contribution in [2.45, 2.75) is 31.2 Å². The van der Waals surface area contributed by atoms with Crippen molar-refractivity contribution >= 4 is 21.6 Å². The molecule has 0 aliphatic carbocycles. The number of rotatable bonds is 8. The van der Waals surface area contributed by atoms with Gasteiger partial charge in [0.05, 0.1) is 18.0 Å². The lowest BCUT2D eigenvalue weighted by atomic mass is 10.1. The van der Waals surface area contributed by atoms with E-state index >= 15 is 0 Å².